The molecule has 0 bridgehead atoms. The van der Waals surface area contributed by atoms with E-state index in [1.165, 1.54) is 0 Å². The number of hydrogen-bond acceptors (Lipinski definition) is 3. The van der Waals surface area contributed by atoms with Gasteiger partial charge in [0.05, 0.1) is 0 Å². The maximum atomic E-state index is 12.4. The quantitative estimate of drug-likeness (QED) is 0.438. The molecule has 3 aromatic rings. The first kappa shape index (κ1) is 18.0. The number of benzene rings is 3. The Morgan fingerprint density at radius 3 is 2.15 bits per heavy atom. The van der Waals surface area contributed by atoms with Crippen molar-refractivity contribution in [2.75, 3.05) is 5.32 Å². The summed E-state index contributed by atoms with van der Waals surface area (Å²) < 4.78 is 22.2. The summed E-state index contributed by atoms with van der Waals surface area (Å²) in [7, 11) is 0. The molecule has 0 aromatic heterocycles. The monoisotopic (exact) mass is 366 g/mol. The third kappa shape index (κ3) is 4.64. The lowest BCUT2D eigenvalue weighted by atomic mass is 10.0. The van der Waals surface area contributed by atoms with E-state index in [9.17, 15) is 9.00 Å². The highest BCUT2D eigenvalue weighted by molar-refractivity contribution is 7.77. The number of ketones is 1. The van der Waals surface area contributed by atoms with Crippen molar-refractivity contribution in [1.29, 1.82) is 0 Å². The Bertz CT molecular complexity index is 912. The van der Waals surface area contributed by atoms with Crippen molar-refractivity contribution in [2.24, 2.45) is 0 Å². The maximum absolute atomic E-state index is 12.4. The lowest BCUT2D eigenvalue weighted by molar-refractivity contribution is 0.103. The maximum Gasteiger partial charge on any atom is 0.232 e. The largest absolute Gasteiger partial charge is 0.355 e. The highest BCUT2D eigenvalue weighted by atomic mass is 32.2. The molecular formula is C20H18N2O3S. The molecule has 0 aliphatic rings. The van der Waals surface area contributed by atoms with Crippen LogP contribution in [0.2, 0.25) is 0 Å². The summed E-state index contributed by atoms with van der Waals surface area (Å²) in [6, 6.07) is 23.9. The van der Waals surface area contributed by atoms with Crippen LogP contribution in [-0.4, -0.2) is 14.5 Å². The van der Waals surface area contributed by atoms with E-state index in [1.54, 1.807) is 24.3 Å². The molecule has 1 atom stereocenters. The van der Waals surface area contributed by atoms with Crippen LogP contribution >= 0.6 is 0 Å². The van der Waals surface area contributed by atoms with Gasteiger partial charge in [-0.25, -0.2) is 8.93 Å². The third-order valence-electron chi connectivity index (χ3n) is 3.87. The molecule has 0 saturated heterocycles. The zero-order valence-electron chi connectivity index (χ0n) is 13.9. The van der Waals surface area contributed by atoms with Crippen LogP contribution < -0.4 is 10.0 Å². The third-order valence-corrected chi connectivity index (χ3v) is 4.26. The van der Waals surface area contributed by atoms with Crippen molar-refractivity contribution in [3.8, 4) is 0 Å². The van der Waals surface area contributed by atoms with E-state index in [0.717, 1.165) is 16.9 Å². The van der Waals surface area contributed by atoms with Crippen LogP contribution in [0.5, 0.6) is 0 Å². The zero-order valence-corrected chi connectivity index (χ0v) is 14.7. The SMILES string of the molecule is O=C(c1ccccc1)c1ccc(Nc2ccccc2CNS(=O)O)cc1. The van der Waals surface area contributed by atoms with Gasteiger partial charge in [-0.3, -0.25) is 9.35 Å². The normalized spacial score (nSPS) is 11.7. The first-order valence-electron chi connectivity index (χ1n) is 8.02. The van der Waals surface area contributed by atoms with Gasteiger partial charge >= 0.3 is 0 Å². The van der Waals surface area contributed by atoms with Gasteiger partial charge in [-0.1, -0.05) is 48.5 Å². The predicted molar refractivity (Wildman–Crippen MR) is 104 cm³/mol. The van der Waals surface area contributed by atoms with Gasteiger partial charge in [-0.2, -0.15) is 0 Å². The Morgan fingerprint density at radius 2 is 1.46 bits per heavy atom. The van der Waals surface area contributed by atoms with E-state index >= 15 is 0 Å². The fraction of sp³-hybridized carbons (Fsp3) is 0.0500. The van der Waals surface area contributed by atoms with E-state index in [0.29, 0.717) is 11.1 Å². The van der Waals surface area contributed by atoms with Gasteiger partial charge in [0.25, 0.3) is 0 Å². The van der Waals surface area contributed by atoms with Crippen LogP contribution in [-0.2, 0) is 17.8 Å². The second-order valence-corrected chi connectivity index (χ2v) is 6.41. The first-order chi connectivity index (χ1) is 12.6. The number of anilines is 2. The van der Waals surface area contributed by atoms with Crippen molar-refractivity contribution in [3.63, 3.8) is 0 Å². The molecule has 0 radical (unpaired) electrons. The predicted octanol–water partition coefficient (Wildman–Crippen LogP) is 3.89. The zero-order chi connectivity index (χ0) is 18.4. The average molecular weight is 366 g/mol. The molecule has 0 spiro atoms. The molecule has 26 heavy (non-hydrogen) atoms. The van der Waals surface area contributed by atoms with Crippen LogP contribution in [0.15, 0.2) is 78.9 Å². The molecule has 0 heterocycles. The van der Waals surface area contributed by atoms with Crippen LogP contribution in [0.4, 0.5) is 11.4 Å². The molecule has 3 N–H and O–H groups in total. The molecule has 0 saturated carbocycles. The smallest absolute Gasteiger partial charge is 0.232 e. The molecule has 0 fully saturated rings. The highest BCUT2D eigenvalue weighted by Crippen LogP contribution is 2.22. The molecule has 0 aliphatic carbocycles. The number of para-hydroxylation sites is 1. The van der Waals surface area contributed by atoms with Gasteiger partial charge in [-0.05, 0) is 35.9 Å². The second-order valence-electron chi connectivity index (χ2n) is 5.62. The molecular weight excluding hydrogens is 348 g/mol. The average Bonchev–Trinajstić information content (AvgIpc) is 2.68. The van der Waals surface area contributed by atoms with Gasteiger partial charge in [0.15, 0.2) is 5.78 Å². The minimum atomic E-state index is -2.06. The van der Waals surface area contributed by atoms with Crippen molar-refractivity contribution in [2.45, 2.75) is 6.54 Å². The first-order valence-corrected chi connectivity index (χ1v) is 9.13. The molecule has 0 aliphatic heterocycles. The van der Waals surface area contributed by atoms with Crippen LogP contribution in [0, 0.1) is 0 Å². The van der Waals surface area contributed by atoms with Gasteiger partial charge in [-0.15, -0.1) is 0 Å². The number of carbonyl (C=O) groups is 1. The summed E-state index contributed by atoms with van der Waals surface area (Å²) in [4.78, 5) is 12.4. The van der Waals surface area contributed by atoms with Gasteiger partial charge in [0.1, 0.15) is 0 Å². The Morgan fingerprint density at radius 1 is 0.846 bits per heavy atom. The number of hydrogen-bond donors (Lipinski definition) is 3. The summed E-state index contributed by atoms with van der Waals surface area (Å²) >= 11 is -2.06. The molecule has 1 unspecified atom stereocenters. The summed E-state index contributed by atoms with van der Waals surface area (Å²) in [5.74, 6) is -0.0211. The molecule has 0 amide bonds. The molecule has 6 heteroatoms. The summed E-state index contributed by atoms with van der Waals surface area (Å²) in [5, 5.41) is 3.27. The Labute approximate surface area is 154 Å². The number of carbonyl (C=O) groups excluding carboxylic acids is 1. The number of nitrogens with one attached hydrogen (secondary N) is 2. The van der Waals surface area contributed by atoms with E-state index in [1.807, 2.05) is 54.6 Å². The summed E-state index contributed by atoms with van der Waals surface area (Å²) in [6.45, 7) is 0.261. The summed E-state index contributed by atoms with van der Waals surface area (Å²) in [6.07, 6.45) is 0. The highest BCUT2D eigenvalue weighted by Gasteiger charge is 2.09. The second kappa shape index (κ2) is 8.53. The standard InChI is InChI=1S/C20H18N2O3S/c23-20(15-6-2-1-3-7-15)16-10-12-18(13-11-16)22-19-9-5-4-8-17(19)14-21-26(24)25/h1-13,21-22H,14H2,(H,24,25). The topological polar surface area (TPSA) is 78.4 Å². The molecule has 5 nitrogen and oxygen atoms in total. The van der Waals surface area contributed by atoms with E-state index in [4.69, 9.17) is 4.55 Å². The van der Waals surface area contributed by atoms with E-state index < -0.39 is 11.3 Å². The van der Waals surface area contributed by atoms with Gasteiger partial charge < -0.3 is 5.32 Å². The Balaban J connectivity index is 1.74. The Hall–Kier alpha value is -2.80. The van der Waals surface area contributed by atoms with Crippen LogP contribution in [0.1, 0.15) is 21.5 Å². The molecule has 132 valence electrons. The summed E-state index contributed by atoms with van der Waals surface area (Å²) in [5.41, 5.74) is 3.79. The van der Waals surface area contributed by atoms with Gasteiger partial charge in [0.2, 0.25) is 11.3 Å². The van der Waals surface area contributed by atoms with Crippen LogP contribution in [0.3, 0.4) is 0 Å². The fourth-order valence-corrected chi connectivity index (χ4v) is 2.83. The molecule has 3 aromatic carbocycles. The van der Waals surface area contributed by atoms with Crippen molar-refractivity contribution >= 4 is 28.4 Å². The number of rotatable bonds is 7. The molecule has 3 rings (SSSR count). The van der Waals surface area contributed by atoms with Crippen molar-refractivity contribution in [1.82, 2.24) is 4.72 Å². The Kier molecular flexibility index (Phi) is 5.91. The van der Waals surface area contributed by atoms with E-state index in [2.05, 4.69) is 10.0 Å². The lowest BCUT2D eigenvalue weighted by Crippen LogP contribution is -2.16. The van der Waals surface area contributed by atoms with Gasteiger partial charge in [0, 0.05) is 29.0 Å². The minimum absolute atomic E-state index is 0.0211. The fourth-order valence-electron chi connectivity index (χ4n) is 2.55. The van der Waals surface area contributed by atoms with Crippen molar-refractivity contribution < 1.29 is 13.6 Å². The van der Waals surface area contributed by atoms with Crippen molar-refractivity contribution in [3.05, 3.63) is 95.6 Å². The van der Waals surface area contributed by atoms with E-state index in [-0.39, 0.29) is 12.3 Å². The van der Waals surface area contributed by atoms with Crippen LogP contribution in [0.25, 0.3) is 0 Å². The minimum Gasteiger partial charge on any atom is -0.355 e. The lowest BCUT2D eigenvalue weighted by Gasteiger charge is -2.12.